The van der Waals surface area contributed by atoms with Crippen LogP contribution in [0.15, 0.2) is 18.2 Å². The summed E-state index contributed by atoms with van der Waals surface area (Å²) in [6, 6.07) is 4.95. The molecule has 0 saturated carbocycles. The minimum Gasteiger partial charge on any atom is -0.399 e. The summed E-state index contributed by atoms with van der Waals surface area (Å²) in [5.74, 6) is -0.0793. The maximum Gasteiger partial charge on any atom is 0.255 e. The molecule has 0 atom stereocenters. The molecule has 94 valence electrons. The van der Waals surface area contributed by atoms with E-state index in [1.165, 1.54) is 0 Å². The van der Waals surface area contributed by atoms with E-state index in [1.807, 2.05) is 19.0 Å². The van der Waals surface area contributed by atoms with Crippen LogP contribution in [0.5, 0.6) is 0 Å². The molecular weight excluding hydrogens is 216 g/mol. The first-order valence-corrected chi connectivity index (χ1v) is 5.47. The van der Waals surface area contributed by atoms with Crippen molar-refractivity contribution in [2.24, 2.45) is 0 Å². The molecule has 0 aliphatic heterocycles. The molecule has 0 aliphatic rings. The van der Waals surface area contributed by atoms with Crippen molar-refractivity contribution in [3.05, 3.63) is 23.8 Å². The highest BCUT2D eigenvalue weighted by atomic mass is 16.2. The van der Waals surface area contributed by atoms with Crippen molar-refractivity contribution in [3.8, 4) is 0 Å². The van der Waals surface area contributed by atoms with Crippen LogP contribution in [0, 0.1) is 0 Å². The zero-order chi connectivity index (χ0) is 13.0. The van der Waals surface area contributed by atoms with Gasteiger partial charge in [-0.3, -0.25) is 4.79 Å². The maximum atomic E-state index is 12.1. The summed E-state index contributed by atoms with van der Waals surface area (Å²) in [5.41, 5.74) is 12.9. The highest BCUT2D eigenvalue weighted by Crippen LogP contribution is 2.17. The number of nitrogens with two attached hydrogens (primary N) is 2. The highest BCUT2D eigenvalue weighted by Gasteiger charge is 2.14. The van der Waals surface area contributed by atoms with Gasteiger partial charge in [0.15, 0.2) is 0 Å². The van der Waals surface area contributed by atoms with Crippen molar-refractivity contribution in [2.75, 3.05) is 45.7 Å². The Morgan fingerprint density at radius 3 is 2.35 bits per heavy atom. The molecular formula is C12H20N4O. The van der Waals surface area contributed by atoms with Gasteiger partial charge in [-0.25, -0.2) is 0 Å². The number of benzene rings is 1. The standard InChI is InChI=1S/C12H20N4O/c1-15(2)6-7-16(3)12(17)10-5-4-9(13)8-11(10)14/h4-5,8H,6-7,13-14H2,1-3H3. The van der Waals surface area contributed by atoms with Crippen LogP contribution in [0.3, 0.4) is 0 Å². The molecule has 5 nitrogen and oxygen atoms in total. The van der Waals surface area contributed by atoms with Gasteiger partial charge in [0.2, 0.25) is 0 Å². The summed E-state index contributed by atoms with van der Waals surface area (Å²) in [6.45, 7) is 1.48. The van der Waals surface area contributed by atoms with Crippen LogP contribution in [0.2, 0.25) is 0 Å². The molecule has 0 fully saturated rings. The summed E-state index contributed by atoms with van der Waals surface area (Å²) in [5, 5.41) is 0. The Balaban J connectivity index is 2.75. The lowest BCUT2D eigenvalue weighted by Gasteiger charge is -2.20. The molecule has 4 N–H and O–H groups in total. The first-order chi connectivity index (χ1) is 7.91. The summed E-state index contributed by atoms with van der Waals surface area (Å²) < 4.78 is 0. The fraction of sp³-hybridized carbons (Fsp3) is 0.417. The number of anilines is 2. The molecule has 1 aromatic carbocycles. The second kappa shape index (κ2) is 5.54. The second-order valence-corrected chi connectivity index (χ2v) is 4.38. The van der Waals surface area contributed by atoms with Crippen LogP contribution >= 0.6 is 0 Å². The molecule has 0 spiro atoms. The normalized spacial score (nSPS) is 10.6. The number of amides is 1. The van der Waals surface area contributed by atoms with E-state index in [0.29, 0.717) is 23.5 Å². The molecule has 1 rings (SSSR count). The van der Waals surface area contributed by atoms with Crippen molar-refractivity contribution in [1.29, 1.82) is 0 Å². The lowest BCUT2D eigenvalue weighted by molar-refractivity contribution is 0.0787. The van der Waals surface area contributed by atoms with E-state index in [4.69, 9.17) is 11.5 Å². The Morgan fingerprint density at radius 2 is 1.82 bits per heavy atom. The van der Waals surface area contributed by atoms with E-state index < -0.39 is 0 Å². The Bertz CT molecular complexity index is 403. The fourth-order valence-corrected chi connectivity index (χ4v) is 1.43. The van der Waals surface area contributed by atoms with Crippen molar-refractivity contribution in [1.82, 2.24) is 9.80 Å². The van der Waals surface area contributed by atoms with E-state index in [2.05, 4.69) is 0 Å². The quantitative estimate of drug-likeness (QED) is 0.746. The SMILES string of the molecule is CN(C)CCN(C)C(=O)c1ccc(N)cc1N. The number of nitrogens with zero attached hydrogens (tertiary/aromatic N) is 2. The zero-order valence-corrected chi connectivity index (χ0v) is 10.6. The van der Waals surface area contributed by atoms with Crippen molar-refractivity contribution >= 4 is 17.3 Å². The predicted octanol–water partition coefficient (Wildman–Crippen LogP) is 0.485. The van der Waals surface area contributed by atoms with E-state index in [0.717, 1.165) is 6.54 Å². The third-order valence-electron chi connectivity index (χ3n) is 2.54. The third kappa shape index (κ3) is 3.64. The molecule has 0 bridgehead atoms. The van der Waals surface area contributed by atoms with Gasteiger partial charge >= 0.3 is 0 Å². The van der Waals surface area contributed by atoms with Crippen LogP contribution < -0.4 is 11.5 Å². The number of carbonyl (C=O) groups excluding carboxylic acids is 1. The predicted molar refractivity (Wildman–Crippen MR) is 70.8 cm³/mol. The van der Waals surface area contributed by atoms with Crippen molar-refractivity contribution in [3.63, 3.8) is 0 Å². The number of likely N-dealkylation sites (N-methyl/N-ethyl adjacent to an activating group) is 2. The minimum absolute atomic E-state index is 0.0793. The number of rotatable bonds is 4. The second-order valence-electron chi connectivity index (χ2n) is 4.38. The van der Waals surface area contributed by atoms with Gasteiger partial charge in [-0.05, 0) is 32.3 Å². The average molecular weight is 236 g/mol. The first kappa shape index (κ1) is 13.3. The van der Waals surface area contributed by atoms with Gasteiger partial charge in [0.1, 0.15) is 0 Å². The Labute approximate surface area is 102 Å². The molecule has 5 heteroatoms. The van der Waals surface area contributed by atoms with Gasteiger partial charge in [-0.1, -0.05) is 0 Å². The molecule has 1 aromatic rings. The minimum atomic E-state index is -0.0793. The molecule has 0 heterocycles. The number of hydrogen-bond acceptors (Lipinski definition) is 4. The fourth-order valence-electron chi connectivity index (χ4n) is 1.43. The molecule has 0 radical (unpaired) electrons. The summed E-state index contributed by atoms with van der Waals surface area (Å²) in [7, 11) is 5.70. The van der Waals surface area contributed by atoms with Crippen LogP contribution in [0.1, 0.15) is 10.4 Å². The lowest BCUT2D eigenvalue weighted by atomic mass is 10.1. The maximum absolute atomic E-state index is 12.1. The van der Waals surface area contributed by atoms with Crippen molar-refractivity contribution < 1.29 is 4.79 Å². The van der Waals surface area contributed by atoms with Gasteiger partial charge in [0, 0.05) is 31.5 Å². The lowest BCUT2D eigenvalue weighted by Crippen LogP contribution is -2.33. The first-order valence-electron chi connectivity index (χ1n) is 5.47. The molecule has 0 aromatic heterocycles. The smallest absolute Gasteiger partial charge is 0.255 e. The highest BCUT2D eigenvalue weighted by molar-refractivity contribution is 5.99. The summed E-state index contributed by atoms with van der Waals surface area (Å²) in [6.07, 6.45) is 0. The molecule has 0 aliphatic carbocycles. The Kier molecular flexibility index (Phi) is 4.34. The largest absolute Gasteiger partial charge is 0.399 e. The van der Waals surface area contributed by atoms with Crippen LogP contribution in [-0.4, -0.2) is 49.9 Å². The van der Waals surface area contributed by atoms with Gasteiger partial charge in [-0.15, -0.1) is 0 Å². The van der Waals surface area contributed by atoms with Crippen LogP contribution in [0.25, 0.3) is 0 Å². The Hall–Kier alpha value is -1.75. The Morgan fingerprint density at radius 1 is 1.18 bits per heavy atom. The number of hydrogen-bond donors (Lipinski definition) is 2. The summed E-state index contributed by atoms with van der Waals surface area (Å²) in [4.78, 5) is 15.8. The van der Waals surface area contributed by atoms with E-state index >= 15 is 0 Å². The number of carbonyl (C=O) groups is 1. The van der Waals surface area contributed by atoms with Crippen molar-refractivity contribution in [2.45, 2.75) is 0 Å². The monoisotopic (exact) mass is 236 g/mol. The molecule has 17 heavy (non-hydrogen) atoms. The van der Waals surface area contributed by atoms with E-state index in [-0.39, 0.29) is 5.91 Å². The molecule has 0 unspecified atom stereocenters. The van der Waals surface area contributed by atoms with Crippen LogP contribution in [0.4, 0.5) is 11.4 Å². The van der Waals surface area contributed by atoms with E-state index in [1.54, 1.807) is 30.1 Å². The van der Waals surface area contributed by atoms with E-state index in [9.17, 15) is 4.79 Å². The molecule has 0 saturated heterocycles. The topological polar surface area (TPSA) is 75.6 Å². The van der Waals surface area contributed by atoms with Gasteiger partial charge in [0.05, 0.1) is 5.56 Å². The van der Waals surface area contributed by atoms with Gasteiger partial charge < -0.3 is 21.3 Å². The molecule has 1 amide bonds. The van der Waals surface area contributed by atoms with Gasteiger partial charge in [0.25, 0.3) is 5.91 Å². The number of nitrogen functional groups attached to an aromatic ring is 2. The van der Waals surface area contributed by atoms with Gasteiger partial charge in [-0.2, -0.15) is 0 Å². The zero-order valence-electron chi connectivity index (χ0n) is 10.6. The average Bonchev–Trinajstić information content (AvgIpc) is 2.25. The summed E-state index contributed by atoms with van der Waals surface area (Å²) >= 11 is 0. The van der Waals surface area contributed by atoms with Crippen LogP contribution in [-0.2, 0) is 0 Å². The third-order valence-corrected chi connectivity index (χ3v) is 2.54.